The standard InChI is InChI=1S/C18H18N2O4/c1-10-5-6-11(2)14(7-10)18(21)22-9-16-19-20-17(24-16)15-8-12(3)23-13(15)4/h5-8H,9H2,1-4H3. The van der Waals surface area contributed by atoms with E-state index in [9.17, 15) is 4.79 Å². The maximum atomic E-state index is 12.2. The van der Waals surface area contributed by atoms with Crippen LogP contribution in [-0.4, -0.2) is 16.2 Å². The quantitative estimate of drug-likeness (QED) is 0.676. The van der Waals surface area contributed by atoms with Gasteiger partial charge in [0, 0.05) is 0 Å². The van der Waals surface area contributed by atoms with Crippen molar-refractivity contribution in [1.82, 2.24) is 10.2 Å². The first-order valence-corrected chi connectivity index (χ1v) is 7.58. The van der Waals surface area contributed by atoms with Crippen molar-refractivity contribution in [2.24, 2.45) is 0 Å². The average molecular weight is 326 g/mol. The van der Waals surface area contributed by atoms with E-state index in [0.717, 1.165) is 22.5 Å². The maximum Gasteiger partial charge on any atom is 0.338 e. The predicted octanol–water partition coefficient (Wildman–Crippen LogP) is 3.92. The van der Waals surface area contributed by atoms with E-state index in [1.165, 1.54) is 0 Å². The van der Waals surface area contributed by atoms with Crippen molar-refractivity contribution in [2.75, 3.05) is 0 Å². The summed E-state index contributed by atoms with van der Waals surface area (Å²) in [7, 11) is 0. The Balaban J connectivity index is 1.70. The number of aryl methyl sites for hydroxylation is 4. The number of aromatic nitrogens is 2. The molecule has 0 aliphatic rings. The van der Waals surface area contributed by atoms with E-state index in [2.05, 4.69) is 10.2 Å². The molecule has 2 heterocycles. The van der Waals surface area contributed by atoms with Crippen LogP contribution in [0.4, 0.5) is 0 Å². The number of rotatable bonds is 4. The van der Waals surface area contributed by atoms with Crippen molar-refractivity contribution in [3.63, 3.8) is 0 Å². The fraction of sp³-hybridized carbons (Fsp3) is 0.278. The highest BCUT2D eigenvalue weighted by Crippen LogP contribution is 2.25. The van der Waals surface area contributed by atoms with E-state index in [0.29, 0.717) is 17.2 Å². The van der Waals surface area contributed by atoms with Crippen LogP contribution in [0, 0.1) is 27.7 Å². The minimum Gasteiger partial charge on any atom is -0.466 e. The van der Waals surface area contributed by atoms with Crippen LogP contribution in [0.3, 0.4) is 0 Å². The Morgan fingerprint density at radius 3 is 2.58 bits per heavy atom. The lowest BCUT2D eigenvalue weighted by Crippen LogP contribution is -2.07. The lowest BCUT2D eigenvalue weighted by molar-refractivity contribution is 0.0437. The summed E-state index contributed by atoms with van der Waals surface area (Å²) in [5.74, 6) is 1.65. The van der Waals surface area contributed by atoms with Crippen LogP contribution in [0.1, 0.15) is 38.9 Å². The normalized spacial score (nSPS) is 10.8. The van der Waals surface area contributed by atoms with Crippen molar-refractivity contribution in [1.29, 1.82) is 0 Å². The molecule has 3 aromatic rings. The molecule has 6 nitrogen and oxygen atoms in total. The molecule has 1 aromatic carbocycles. The summed E-state index contributed by atoms with van der Waals surface area (Å²) < 4.78 is 16.3. The SMILES string of the molecule is Cc1ccc(C)c(C(=O)OCc2nnc(-c3cc(C)oc3C)o2)c1. The Hall–Kier alpha value is -2.89. The lowest BCUT2D eigenvalue weighted by Gasteiger charge is -2.06. The summed E-state index contributed by atoms with van der Waals surface area (Å²) >= 11 is 0. The van der Waals surface area contributed by atoms with E-state index < -0.39 is 5.97 Å². The second-order valence-electron chi connectivity index (χ2n) is 5.72. The van der Waals surface area contributed by atoms with Crippen LogP contribution in [0.2, 0.25) is 0 Å². The van der Waals surface area contributed by atoms with Crippen LogP contribution in [0.25, 0.3) is 11.5 Å². The van der Waals surface area contributed by atoms with Crippen LogP contribution in [-0.2, 0) is 11.3 Å². The van der Waals surface area contributed by atoms with Crippen molar-refractivity contribution in [3.05, 3.63) is 58.4 Å². The molecule has 0 fully saturated rings. The summed E-state index contributed by atoms with van der Waals surface area (Å²) in [5, 5.41) is 7.89. The molecule has 0 saturated carbocycles. The minimum atomic E-state index is -0.411. The molecular weight excluding hydrogens is 308 g/mol. The molecule has 3 rings (SSSR count). The zero-order valence-electron chi connectivity index (χ0n) is 14.0. The third-order valence-electron chi connectivity index (χ3n) is 3.68. The fourth-order valence-electron chi connectivity index (χ4n) is 2.42. The number of carbonyl (C=O) groups is 1. The average Bonchev–Trinajstić information content (AvgIpc) is 3.13. The van der Waals surface area contributed by atoms with E-state index in [-0.39, 0.29) is 12.5 Å². The van der Waals surface area contributed by atoms with Gasteiger partial charge in [0.15, 0.2) is 6.61 Å². The molecule has 0 aliphatic carbocycles. The van der Waals surface area contributed by atoms with Gasteiger partial charge in [-0.2, -0.15) is 0 Å². The Morgan fingerprint density at radius 1 is 1.08 bits per heavy atom. The van der Waals surface area contributed by atoms with Gasteiger partial charge < -0.3 is 13.6 Å². The molecule has 0 N–H and O–H groups in total. The summed E-state index contributed by atoms with van der Waals surface area (Å²) in [5.41, 5.74) is 3.14. The van der Waals surface area contributed by atoms with Gasteiger partial charge >= 0.3 is 5.97 Å². The zero-order chi connectivity index (χ0) is 17.3. The van der Waals surface area contributed by atoms with Gasteiger partial charge in [-0.05, 0) is 45.4 Å². The molecule has 0 amide bonds. The first kappa shape index (κ1) is 16.0. The number of furan rings is 1. The highest BCUT2D eigenvalue weighted by Gasteiger charge is 2.16. The van der Waals surface area contributed by atoms with Crippen molar-refractivity contribution in [3.8, 4) is 11.5 Å². The van der Waals surface area contributed by atoms with E-state index in [1.807, 2.05) is 45.9 Å². The predicted molar refractivity (Wildman–Crippen MR) is 86.5 cm³/mol. The molecule has 124 valence electrons. The molecule has 2 aromatic heterocycles. The number of nitrogens with zero attached hydrogens (tertiary/aromatic N) is 2. The van der Waals surface area contributed by atoms with Crippen molar-refractivity contribution in [2.45, 2.75) is 34.3 Å². The Labute approximate surface area is 139 Å². The van der Waals surface area contributed by atoms with Crippen LogP contribution < -0.4 is 0 Å². The summed E-state index contributed by atoms with van der Waals surface area (Å²) in [6.45, 7) is 7.39. The second kappa shape index (κ2) is 6.31. The molecular formula is C18H18N2O4. The first-order valence-electron chi connectivity index (χ1n) is 7.58. The van der Waals surface area contributed by atoms with Gasteiger partial charge in [-0.1, -0.05) is 17.7 Å². The monoisotopic (exact) mass is 326 g/mol. The van der Waals surface area contributed by atoms with E-state index in [4.69, 9.17) is 13.6 Å². The zero-order valence-corrected chi connectivity index (χ0v) is 14.0. The Morgan fingerprint density at radius 2 is 1.88 bits per heavy atom. The third-order valence-corrected chi connectivity index (χ3v) is 3.68. The van der Waals surface area contributed by atoms with Crippen LogP contribution in [0.5, 0.6) is 0 Å². The molecule has 0 saturated heterocycles. The Kier molecular flexibility index (Phi) is 4.20. The number of hydrogen-bond donors (Lipinski definition) is 0. The van der Waals surface area contributed by atoms with Gasteiger partial charge in [0.1, 0.15) is 11.5 Å². The molecule has 6 heteroatoms. The molecule has 0 spiro atoms. The highest BCUT2D eigenvalue weighted by atomic mass is 16.5. The van der Waals surface area contributed by atoms with Gasteiger partial charge in [0.2, 0.25) is 0 Å². The fourth-order valence-corrected chi connectivity index (χ4v) is 2.42. The highest BCUT2D eigenvalue weighted by molar-refractivity contribution is 5.91. The first-order chi connectivity index (χ1) is 11.4. The lowest BCUT2D eigenvalue weighted by atomic mass is 10.1. The van der Waals surface area contributed by atoms with E-state index >= 15 is 0 Å². The van der Waals surface area contributed by atoms with Gasteiger partial charge in [-0.3, -0.25) is 0 Å². The molecule has 0 atom stereocenters. The maximum absolute atomic E-state index is 12.2. The second-order valence-corrected chi connectivity index (χ2v) is 5.72. The minimum absolute atomic E-state index is 0.0743. The van der Waals surface area contributed by atoms with E-state index in [1.54, 1.807) is 6.07 Å². The van der Waals surface area contributed by atoms with Crippen molar-refractivity contribution >= 4 is 5.97 Å². The molecule has 0 unspecified atom stereocenters. The summed E-state index contributed by atoms with van der Waals surface area (Å²) in [6.07, 6.45) is 0. The molecule has 0 radical (unpaired) electrons. The number of carbonyl (C=O) groups excluding carboxylic acids is 1. The number of esters is 1. The largest absolute Gasteiger partial charge is 0.466 e. The number of benzene rings is 1. The molecule has 0 aliphatic heterocycles. The van der Waals surface area contributed by atoms with Gasteiger partial charge in [-0.15, -0.1) is 10.2 Å². The van der Waals surface area contributed by atoms with Gasteiger partial charge in [-0.25, -0.2) is 4.79 Å². The summed E-state index contributed by atoms with van der Waals surface area (Å²) in [4.78, 5) is 12.2. The van der Waals surface area contributed by atoms with Gasteiger partial charge in [0.25, 0.3) is 11.8 Å². The van der Waals surface area contributed by atoms with Gasteiger partial charge in [0.05, 0.1) is 11.1 Å². The number of ether oxygens (including phenoxy) is 1. The number of hydrogen-bond acceptors (Lipinski definition) is 6. The van der Waals surface area contributed by atoms with Crippen LogP contribution >= 0.6 is 0 Å². The smallest absolute Gasteiger partial charge is 0.338 e. The third kappa shape index (κ3) is 3.22. The summed E-state index contributed by atoms with van der Waals surface area (Å²) in [6, 6.07) is 7.47. The molecule has 24 heavy (non-hydrogen) atoms. The molecule has 0 bridgehead atoms. The van der Waals surface area contributed by atoms with Crippen LogP contribution in [0.15, 0.2) is 33.1 Å². The van der Waals surface area contributed by atoms with Crippen molar-refractivity contribution < 1.29 is 18.4 Å². The Bertz CT molecular complexity index is 892. The topological polar surface area (TPSA) is 78.4 Å².